The Hall–Kier alpha value is -1.58. The number of nitrogens with zero attached hydrogens (tertiary/aromatic N) is 1. The summed E-state index contributed by atoms with van der Waals surface area (Å²) in [5.41, 5.74) is 1.24. The molecule has 1 N–H and O–H groups in total. The zero-order chi connectivity index (χ0) is 13.5. The zero-order valence-electron chi connectivity index (χ0n) is 10.9. The fourth-order valence-corrected chi connectivity index (χ4v) is 1.83. The zero-order valence-corrected chi connectivity index (χ0v) is 11.7. The van der Waals surface area contributed by atoms with Crippen molar-refractivity contribution in [2.24, 2.45) is 0 Å². The van der Waals surface area contributed by atoms with E-state index in [-0.39, 0.29) is 0 Å². The molecule has 100 valence electrons. The SMILES string of the molecule is CCCNCc1ccc(Oc2cncc(Cl)c2)cc1. The first-order chi connectivity index (χ1) is 9.28. The fraction of sp³-hybridized carbons (Fsp3) is 0.267. The highest BCUT2D eigenvalue weighted by Gasteiger charge is 1.99. The average Bonchev–Trinajstić information content (AvgIpc) is 2.41. The number of hydrogen-bond donors (Lipinski definition) is 1. The van der Waals surface area contributed by atoms with Crippen LogP contribution in [0.15, 0.2) is 42.7 Å². The van der Waals surface area contributed by atoms with Gasteiger partial charge in [-0.05, 0) is 30.7 Å². The lowest BCUT2D eigenvalue weighted by molar-refractivity contribution is 0.480. The quantitative estimate of drug-likeness (QED) is 0.809. The van der Waals surface area contributed by atoms with Crippen LogP contribution in [0.3, 0.4) is 0 Å². The molecule has 0 atom stereocenters. The highest BCUT2D eigenvalue weighted by molar-refractivity contribution is 6.30. The van der Waals surface area contributed by atoms with E-state index in [4.69, 9.17) is 16.3 Å². The van der Waals surface area contributed by atoms with Gasteiger partial charge in [0.15, 0.2) is 0 Å². The highest BCUT2D eigenvalue weighted by atomic mass is 35.5. The maximum Gasteiger partial charge on any atom is 0.147 e. The van der Waals surface area contributed by atoms with Gasteiger partial charge in [0.05, 0.1) is 11.2 Å². The van der Waals surface area contributed by atoms with E-state index in [0.717, 1.165) is 25.3 Å². The van der Waals surface area contributed by atoms with Crippen molar-refractivity contribution in [2.75, 3.05) is 6.54 Å². The van der Waals surface area contributed by atoms with Gasteiger partial charge in [-0.1, -0.05) is 30.7 Å². The molecular weight excluding hydrogens is 260 g/mol. The molecule has 1 aromatic carbocycles. The molecule has 19 heavy (non-hydrogen) atoms. The predicted molar refractivity (Wildman–Crippen MR) is 77.8 cm³/mol. The van der Waals surface area contributed by atoms with Crippen LogP contribution in [0.5, 0.6) is 11.5 Å². The molecule has 0 aliphatic rings. The number of halogens is 1. The van der Waals surface area contributed by atoms with Gasteiger partial charge in [0, 0.05) is 18.8 Å². The minimum Gasteiger partial charge on any atom is -0.456 e. The molecule has 0 aliphatic heterocycles. The van der Waals surface area contributed by atoms with Gasteiger partial charge in [-0.2, -0.15) is 0 Å². The van der Waals surface area contributed by atoms with E-state index in [1.54, 1.807) is 18.5 Å². The normalized spacial score (nSPS) is 10.4. The number of hydrogen-bond acceptors (Lipinski definition) is 3. The average molecular weight is 277 g/mol. The summed E-state index contributed by atoms with van der Waals surface area (Å²) in [5.74, 6) is 1.42. The molecule has 0 bridgehead atoms. The van der Waals surface area contributed by atoms with E-state index in [1.165, 1.54) is 5.56 Å². The first kappa shape index (κ1) is 13.8. The Bertz CT molecular complexity index is 514. The molecule has 1 heterocycles. The molecule has 2 aromatic rings. The number of aromatic nitrogens is 1. The number of rotatable bonds is 6. The Morgan fingerprint density at radius 3 is 2.63 bits per heavy atom. The van der Waals surface area contributed by atoms with Crippen molar-refractivity contribution in [3.05, 3.63) is 53.3 Å². The summed E-state index contributed by atoms with van der Waals surface area (Å²) in [4.78, 5) is 3.98. The Balaban J connectivity index is 1.95. The first-order valence-electron chi connectivity index (χ1n) is 6.36. The van der Waals surface area contributed by atoms with Crippen LogP contribution in [0.1, 0.15) is 18.9 Å². The first-order valence-corrected chi connectivity index (χ1v) is 6.74. The molecule has 0 fully saturated rings. The van der Waals surface area contributed by atoms with E-state index in [9.17, 15) is 0 Å². The van der Waals surface area contributed by atoms with Crippen molar-refractivity contribution in [3.63, 3.8) is 0 Å². The third-order valence-electron chi connectivity index (χ3n) is 2.59. The molecule has 1 aromatic heterocycles. The van der Waals surface area contributed by atoms with Crippen LogP contribution in [0, 0.1) is 0 Å². The van der Waals surface area contributed by atoms with Crippen molar-refractivity contribution in [3.8, 4) is 11.5 Å². The maximum atomic E-state index is 5.86. The lowest BCUT2D eigenvalue weighted by Gasteiger charge is -2.07. The van der Waals surface area contributed by atoms with E-state index in [1.807, 2.05) is 12.1 Å². The maximum absolute atomic E-state index is 5.86. The second kappa shape index (κ2) is 7.12. The van der Waals surface area contributed by atoms with Crippen LogP contribution in [0.2, 0.25) is 5.02 Å². The molecule has 0 radical (unpaired) electrons. The Kier molecular flexibility index (Phi) is 5.19. The summed E-state index contributed by atoms with van der Waals surface area (Å²) in [6.45, 7) is 4.07. The largest absolute Gasteiger partial charge is 0.456 e. The Morgan fingerprint density at radius 1 is 1.16 bits per heavy atom. The van der Waals surface area contributed by atoms with Gasteiger partial charge in [0.2, 0.25) is 0 Å². The van der Waals surface area contributed by atoms with Crippen molar-refractivity contribution in [1.29, 1.82) is 0 Å². The lowest BCUT2D eigenvalue weighted by Crippen LogP contribution is -2.13. The second-order valence-electron chi connectivity index (χ2n) is 4.26. The van der Waals surface area contributed by atoms with E-state index >= 15 is 0 Å². The third kappa shape index (κ3) is 4.54. The predicted octanol–water partition coefficient (Wildman–Crippen LogP) is 4.03. The van der Waals surface area contributed by atoms with E-state index in [2.05, 4.69) is 29.4 Å². The Labute approximate surface area is 118 Å². The van der Waals surface area contributed by atoms with Gasteiger partial charge in [-0.25, -0.2) is 0 Å². The molecule has 0 unspecified atom stereocenters. The smallest absolute Gasteiger partial charge is 0.147 e. The summed E-state index contributed by atoms with van der Waals surface area (Å²) >= 11 is 5.86. The van der Waals surface area contributed by atoms with Crippen LogP contribution in [0.25, 0.3) is 0 Å². The van der Waals surface area contributed by atoms with Gasteiger partial charge in [-0.15, -0.1) is 0 Å². The molecule has 4 heteroatoms. The molecule has 0 spiro atoms. The molecule has 0 saturated heterocycles. The Morgan fingerprint density at radius 2 is 1.95 bits per heavy atom. The van der Waals surface area contributed by atoms with Crippen molar-refractivity contribution >= 4 is 11.6 Å². The van der Waals surface area contributed by atoms with Gasteiger partial charge in [0.25, 0.3) is 0 Å². The molecule has 3 nitrogen and oxygen atoms in total. The standard InChI is InChI=1S/C15H17ClN2O/c1-2-7-17-9-12-3-5-14(6-4-12)19-15-8-13(16)10-18-11-15/h3-6,8,10-11,17H,2,7,9H2,1H3. The van der Waals surface area contributed by atoms with Gasteiger partial charge in [-0.3, -0.25) is 4.98 Å². The summed E-state index contributed by atoms with van der Waals surface area (Å²) in [6, 6.07) is 9.74. The molecule has 0 amide bonds. The molecular formula is C15H17ClN2O. The van der Waals surface area contributed by atoms with Crippen molar-refractivity contribution in [1.82, 2.24) is 10.3 Å². The summed E-state index contributed by atoms with van der Waals surface area (Å²) < 4.78 is 5.67. The van der Waals surface area contributed by atoms with Crippen LogP contribution < -0.4 is 10.1 Å². The fourth-order valence-electron chi connectivity index (χ4n) is 1.67. The van der Waals surface area contributed by atoms with Gasteiger partial charge >= 0.3 is 0 Å². The van der Waals surface area contributed by atoms with Crippen molar-refractivity contribution < 1.29 is 4.74 Å². The molecule has 0 aliphatic carbocycles. The van der Waals surface area contributed by atoms with Crippen LogP contribution >= 0.6 is 11.6 Å². The minimum absolute atomic E-state index is 0.567. The summed E-state index contributed by atoms with van der Waals surface area (Å²) in [5, 5.41) is 3.93. The van der Waals surface area contributed by atoms with E-state index in [0.29, 0.717) is 10.8 Å². The minimum atomic E-state index is 0.567. The number of ether oxygens (including phenoxy) is 1. The third-order valence-corrected chi connectivity index (χ3v) is 2.80. The van der Waals surface area contributed by atoms with Gasteiger partial charge in [0.1, 0.15) is 11.5 Å². The van der Waals surface area contributed by atoms with Crippen LogP contribution in [0.4, 0.5) is 0 Å². The highest BCUT2D eigenvalue weighted by Crippen LogP contribution is 2.23. The van der Waals surface area contributed by atoms with Crippen LogP contribution in [-0.2, 0) is 6.54 Å². The number of nitrogens with one attached hydrogen (secondary N) is 1. The monoisotopic (exact) mass is 276 g/mol. The summed E-state index contributed by atoms with van der Waals surface area (Å²) in [7, 11) is 0. The van der Waals surface area contributed by atoms with E-state index < -0.39 is 0 Å². The van der Waals surface area contributed by atoms with Gasteiger partial charge < -0.3 is 10.1 Å². The lowest BCUT2D eigenvalue weighted by atomic mass is 10.2. The van der Waals surface area contributed by atoms with Crippen LogP contribution in [-0.4, -0.2) is 11.5 Å². The molecule has 0 saturated carbocycles. The number of benzene rings is 1. The summed E-state index contributed by atoms with van der Waals surface area (Å²) in [6.07, 6.45) is 4.36. The topological polar surface area (TPSA) is 34.1 Å². The molecule has 2 rings (SSSR count). The number of pyridine rings is 1. The second-order valence-corrected chi connectivity index (χ2v) is 4.70. The van der Waals surface area contributed by atoms with Crippen molar-refractivity contribution in [2.45, 2.75) is 19.9 Å².